The summed E-state index contributed by atoms with van der Waals surface area (Å²) in [6, 6.07) is 15.9. The maximum Gasteiger partial charge on any atom is 0.195 e. The van der Waals surface area contributed by atoms with E-state index in [0.717, 1.165) is 21.7 Å². The van der Waals surface area contributed by atoms with Crippen LogP contribution in [0, 0.1) is 13.8 Å². The molecule has 0 atom stereocenters. The molecule has 0 spiro atoms. The molecule has 0 saturated carbocycles. The highest BCUT2D eigenvalue weighted by Gasteiger charge is 2.26. The fourth-order valence-corrected chi connectivity index (χ4v) is 4.37. The molecule has 20 heavy (non-hydrogen) atoms. The zero-order valence-corrected chi connectivity index (χ0v) is 13.7. The van der Waals surface area contributed by atoms with Crippen LogP contribution in [-0.2, 0) is 4.79 Å². The van der Waals surface area contributed by atoms with Gasteiger partial charge in [0.05, 0.1) is 0 Å². The second-order valence-electron chi connectivity index (χ2n) is 4.65. The van der Waals surface area contributed by atoms with Gasteiger partial charge in [-0.25, -0.2) is 0 Å². The molecule has 0 aliphatic heterocycles. The van der Waals surface area contributed by atoms with E-state index in [4.69, 9.17) is 23.2 Å². The third kappa shape index (κ3) is 3.61. The molecule has 0 radical (unpaired) electrons. The zero-order chi connectivity index (χ0) is 14.7. The summed E-state index contributed by atoms with van der Waals surface area (Å²) in [7, 11) is -1.18. The topological polar surface area (TPSA) is 17.1 Å². The SMILES string of the molecule is Cc1ccc(P(C(=O)C(Cl)Cl)c2ccc(C)cc2)cc1. The van der Waals surface area contributed by atoms with Gasteiger partial charge in [-0.3, -0.25) is 4.79 Å². The van der Waals surface area contributed by atoms with Crippen molar-refractivity contribution >= 4 is 47.3 Å². The Kier molecular flexibility index (Phi) is 5.21. The largest absolute Gasteiger partial charge is 0.291 e. The molecule has 0 heterocycles. The average molecular weight is 325 g/mol. The van der Waals surface area contributed by atoms with Crippen molar-refractivity contribution in [1.82, 2.24) is 0 Å². The molecule has 2 aromatic rings. The van der Waals surface area contributed by atoms with Crippen molar-refractivity contribution in [2.75, 3.05) is 0 Å². The van der Waals surface area contributed by atoms with Crippen LogP contribution in [0.25, 0.3) is 0 Å². The monoisotopic (exact) mass is 324 g/mol. The fourth-order valence-electron chi connectivity index (χ4n) is 1.89. The first-order chi connectivity index (χ1) is 9.49. The van der Waals surface area contributed by atoms with Crippen molar-refractivity contribution in [3.05, 3.63) is 59.7 Å². The Labute approximate surface area is 130 Å². The first-order valence-corrected chi connectivity index (χ1v) is 8.46. The van der Waals surface area contributed by atoms with E-state index < -0.39 is 12.8 Å². The molecule has 0 aliphatic carbocycles. The van der Waals surface area contributed by atoms with Crippen LogP contribution in [-0.4, -0.2) is 10.4 Å². The third-order valence-electron chi connectivity index (χ3n) is 2.99. The molecule has 2 rings (SSSR count). The Bertz CT molecular complexity index is 545. The van der Waals surface area contributed by atoms with Gasteiger partial charge in [0.1, 0.15) is 0 Å². The molecule has 104 valence electrons. The highest BCUT2D eigenvalue weighted by atomic mass is 35.5. The molecule has 0 bridgehead atoms. The van der Waals surface area contributed by atoms with Crippen molar-refractivity contribution in [3.63, 3.8) is 0 Å². The number of hydrogen-bond donors (Lipinski definition) is 0. The Morgan fingerprint density at radius 2 is 1.20 bits per heavy atom. The number of halogens is 2. The quantitative estimate of drug-likeness (QED) is 0.612. The molecule has 0 saturated heterocycles. The molecule has 0 amide bonds. The third-order valence-corrected chi connectivity index (χ3v) is 6.02. The second kappa shape index (κ2) is 6.72. The number of aryl methyl sites for hydroxylation is 2. The maximum atomic E-state index is 12.4. The molecular formula is C16H15Cl2OP. The molecule has 0 unspecified atom stereocenters. The second-order valence-corrected chi connectivity index (χ2v) is 7.89. The molecule has 1 nitrogen and oxygen atoms in total. The average Bonchev–Trinajstić information content (AvgIpc) is 2.43. The van der Waals surface area contributed by atoms with Crippen LogP contribution in [0.3, 0.4) is 0 Å². The van der Waals surface area contributed by atoms with Crippen LogP contribution in [0.2, 0.25) is 0 Å². The normalized spacial score (nSPS) is 11.1. The standard InChI is InChI=1S/C16H15Cl2OP/c1-11-3-7-13(8-4-11)20(16(19)15(17)18)14-9-5-12(2)6-10-14/h3-10,15H,1-2H3. The summed E-state index contributed by atoms with van der Waals surface area (Å²) >= 11 is 11.6. The van der Waals surface area contributed by atoms with Crippen LogP contribution in [0.5, 0.6) is 0 Å². The predicted octanol–water partition coefficient (Wildman–Crippen LogP) is 4.07. The minimum absolute atomic E-state index is 0.129. The molecular weight excluding hydrogens is 310 g/mol. The highest BCUT2D eigenvalue weighted by molar-refractivity contribution is 7.88. The summed E-state index contributed by atoms with van der Waals surface area (Å²) in [5.41, 5.74) is 2.19. The van der Waals surface area contributed by atoms with E-state index in [-0.39, 0.29) is 5.52 Å². The van der Waals surface area contributed by atoms with Crippen LogP contribution in [0.4, 0.5) is 0 Å². The van der Waals surface area contributed by atoms with Gasteiger partial charge >= 0.3 is 0 Å². The number of alkyl halides is 2. The Hall–Kier alpha value is -0.880. The van der Waals surface area contributed by atoms with Gasteiger partial charge < -0.3 is 0 Å². The van der Waals surface area contributed by atoms with Gasteiger partial charge in [-0.05, 0) is 24.5 Å². The molecule has 2 aromatic carbocycles. The molecule has 0 fully saturated rings. The summed E-state index contributed by atoms with van der Waals surface area (Å²) in [4.78, 5) is 11.4. The van der Waals surface area contributed by atoms with Gasteiger partial charge in [0.2, 0.25) is 0 Å². The van der Waals surface area contributed by atoms with E-state index in [0.29, 0.717) is 0 Å². The van der Waals surface area contributed by atoms with Crippen molar-refractivity contribution in [1.29, 1.82) is 0 Å². The lowest BCUT2D eigenvalue weighted by Crippen LogP contribution is -2.21. The van der Waals surface area contributed by atoms with Crippen molar-refractivity contribution in [3.8, 4) is 0 Å². The minimum Gasteiger partial charge on any atom is -0.291 e. The van der Waals surface area contributed by atoms with E-state index in [1.165, 1.54) is 0 Å². The number of rotatable bonds is 4. The fraction of sp³-hybridized carbons (Fsp3) is 0.188. The van der Waals surface area contributed by atoms with Crippen molar-refractivity contribution in [2.24, 2.45) is 0 Å². The lowest BCUT2D eigenvalue weighted by Gasteiger charge is -2.18. The summed E-state index contributed by atoms with van der Waals surface area (Å²) < 4.78 is 0. The van der Waals surface area contributed by atoms with Gasteiger partial charge in [-0.1, -0.05) is 82.9 Å². The summed E-state index contributed by atoms with van der Waals surface area (Å²) in [6.45, 7) is 4.04. The van der Waals surface area contributed by atoms with Gasteiger partial charge in [0, 0.05) is 7.92 Å². The minimum atomic E-state index is -1.18. The van der Waals surface area contributed by atoms with Crippen molar-refractivity contribution < 1.29 is 4.79 Å². The zero-order valence-electron chi connectivity index (χ0n) is 11.3. The summed E-state index contributed by atoms with van der Waals surface area (Å²) in [5.74, 6) is 0. The smallest absolute Gasteiger partial charge is 0.195 e. The van der Waals surface area contributed by atoms with E-state index in [1.807, 2.05) is 62.4 Å². The molecule has 0 aromatic heterocycles. The first kappa shape index (κ1) is 15.5. The lowest BCUT2D eigenvalue weighted by molar-refractivity contribution is -0.109. The first-order valence-electron chi connectivity index (χ1n) is 6.24. The van der Waals surface area contributed by atoms with Crippen molar-refractivity contribution in [2.45, 2.75) is 18.7 Å². The number of benzene rings is 2. The summed E-state index contributed by atoms with van der Waals surface area (Å²) in [6.07, 6.45) is 0. The lowest BCUT2D eigenvalue weighted by atomic mass is 10.2. The van der Waals surface area contributed by atoms with Gasteiger partial charge in [0.25, 0.3) is 0 Å². The van der Waals surface area contributed by atoms with E-state index >= 15 is 0 Å². The van der Waals surface area contributed by atoms with E-state index in [2.05, 4.69) is 0 Å². The number of hydrogen-bond acceptors (Lipinski definition) is 1. The van der Waals surface area contributed by atoms with Gasteiger partial charge in [0.15, 0.2) is 10.4 Å². The van der Waals surface area contributed by atoms with Crippen LogP contribution < -0.4 is 10.6 Å². The Morgan fingerprint density at radius 1 is 0.850 bits per heavy atom. The van der Waals surface area contributed by atoms with E-state index in [1.54, 1.807) is 0 Å². The van der Waals surface area contributed by atoms with Crippen LogP contribution >= 0.6 is 31.1 Å². The maximum absolute atomic E-state index is 12.4. The molecule has 0 N–H and O–H groups in total. The number of carbonyl (C=O) groups is 1. The highest BCUT2D eigenvalue weighted by Crippen LogP contribution is 2.38. The number of carbonyl (C=O) groups excluding carboxylic acids is 1. The predicted molar refractivity (Wildman–Crippen MR) is 89.0 cm³/mol. The Balaban J connectivity index is 2.47. The molecule has 4 heteroatoms. The summed E-state index contributed by atoms with van der Waals surface area (Å²) in [5, 5.41) is 1.96. The van der Waals surface area contributed by atoms with Gasteiger partial charge in [-0.15, -0.1) is 0 Å². The Morgan fingerprint density at radius 3 is 1.50 bits per heavy atom. The van der Waals surface area contributed by atoms with Gasteiger partial charge in [-0.2, -0.15) is 0 Å². The van der Waals surface area contributed by atoms with E-state index in [9.17, 15) is 4.79 Å². The van der Waals surface area contributed by atoms with Crippen LogP contribution in [0.1, 0.15) is 11.1 Å². The van der Waals surface area contributed by atoms with Crippen LogP contribution in [0.15, 0.2) is 48.5 Å². The molecule has 0 aliphatic rings.